The molecule has 1 amide bonds. The summed E-state index contributed by atoms with van der Waals surface area (Å²) in [5.74, 6) is -0.651. The molecule has 2 aromatic carbocycles. The zero-order chi connectivity index (χ0) is 25.9. The molecule has 0 aliphatic carbocycles. The van der Waals surface area contributed by atoms with Crippen molar-refractivity contribution in [3.8, 4) is 17.2 Å². The minimum atomic E-state index is -3.58. The summed E-state index contributed by atoms with van der Waals surface area (Å²) in [6.07, 6.45) is -0.205. The molecule has 9 heteroatoms. The Morgan fingerprint density at radius 3 is 2.09 bits per heavy atom. The lowest BCUT2D eigenvalue weighted by Gasteiger charge is -2.22. The third-order valence-electron chi connectivity index (χ3n) is 5.08. The topological polar surface area (TPSA) is 119 Å². The molecular weight excluding hydrogens is 458 g/mol. The molecule has 186 valence electrons. The fourth-order valence-electron chi connectivity index (χ4n) is 2.81. The van der Waals surface area contributed by atoms with Gasteiger partial charge < -0.3 is 19.9 Å². The van der Waals surface area contributed by atoms with Crippen molar-refractivity contribution in [2.45, 2.75) is 58.5 Å². The number of hydrogen-bond donors (Lipinski definition) is 2. The molecule has 0 spiro atoms. The molecule has 0 aliphatic rings. The van der Waals surface area contributed by atoms with E-state index in [4.69, 9.17) is 14.6 Å². The fraction of sp³-hybridized carbons (Fsp3) is 0.440. The smallest absolute Gasteiger partial charge is 0.307 e. The normalized spacial score (nSPS) is 12.2. The molecule has 0 saturated heterocycles. The number of carboxylic acid groups (broad SMARTS) is 1. The van der Waals surface area contributed by atoms with Crippen LogP contribution in [0, 0.1) is 5.41 Å². The van der Waals surface area contributed by atoms with E-state index in [0.29, 0.717) is 22.6 Å². The number of sulfone groups is 1. The maximum Gasteiger partial charge on any atom is 0.307 e. The molecule has 2 aromatic rings. The van der Waals surface area contributed by atoms with E-state index in [-0.39, 0.29) is 29.6 Å². The first kappa shape index (κ1) is 27.2. The zero-order valence-corrected chi connectivity index (χ0v) is 21.5. The van der Waals surface area contributed by atoms with E-state index in [2.05, 4.69) is 5.32 Å². The minimum absolute atomic E-state index is 0.205. The van der Waals surface area contributed by atoms with Crippen LogP contribution in [0.1, 0.15) is 52.7 Å². The summed E-state index contributed by atoms with van der Waals surface area (Å²) in [6.45, 7) is 10.2. The summed E-state index contributed by atoms with van der Waals surface area (Å²) in [4.78, 5) is 23.6. The van der Waals surface area contributed by atoms with Crippen molar-refractivity contribution >= 4 is 27.4 Å². The van der Waals surface area contributed by atoms with Crippen molar-refractivity contribution in [1.82, 2.24) is 0 Å². The first-order chi connectivity index (χ1) is 15.5. The van der Waals surface area contributed by atoms with Crippen LogP contribution in [-0.4, -0.2) is 37.3 Å². The van der Waals surface area contributed by atoms with Gasteiger partial charge in [-0.1, -0.05) is 26.8 Å². The van der Waals surface area contributed by atoms with Gasteiger partial charge in [0.05, 0.1) is 24.0 Å². The lowest BCUT2D eigenvalue weighted by atomic mass is 9.95. The number of carbonyl (C=O) groups excluding carboxylic acids is 1. The molecule has 0 bridgehead atoms. The summed E-state index contributed by atoms with van der Waals surface area (Å²) in [7, 11) is -2.13. The Morgan fingerprint density at radius 2 is 1.56 bits per heavy atom. The molecule has 0 aromatic heterocycles. The van der Waals surface area contributed by atoms with Crippen LogP contribution in [0.3, 0.4) is 0 Å². The van der Waals surface area contributed by atoms with Gasteiger partial charge >= 0.3 is 5.97 Å². The van der Waals surface area contributed by atoms with E-state index in [1.807, 2.05) is 0 Å². The van der Waals surface area contributed by atoms with Crippen molar-refractivity contribution < 1.29 is 32.6 Å². The van der Waals surface area contributed by atoms with Gasteiger partial charge in [0, 0.05) is 16.7 Å². The van der Waals surface area contributed by atoms with E-state index in [9.17, 15) is 18.0 Å². The number of amides is 1. The highest BCUT2D eigenvalue weighted by molar-refractivity contribution is 7.91. The third-order valence-corrected chi connectivity index (χ3v) is 7.64. The van der Waals surface area contributed by atoms with Gasteiger partial charge in [0.1, 0.15) is 5.75 Å². The molecule has 0 atom stereocenters. The molecule has 0 unspecified atom stereocenters. The van der Waals surface area contributed by atoms with Gasteiger partial charge in [0.15, 0.2) is 21.3 Å². The Kier molecular flexibility index (Phi) is 8.03. The van der Waals surface area contributed by atoms with Crippen molar-refractivity contribution in [3.05, 3.63) is 47.5 Å². The monoisotopic (exact) mass is 491 g/mol. The summed E-state index contributed by atoms with van der Waals surface area (Å²) in [6, 6.07) is 9.54. The first-order valence-electron chi connectivity index (χ1n) is 10.8. The molecule has 0 fully saturated rings. The average Bonchev–Trinajstić information content (AvgIpc) is 2.68. The molecule has 8 nitrogen and oxygen atoms in total. The van der Waals surface area contributed by atoms with Crippen LogP contribution in [0.4, 0.5) is 5.69 Å². The largest absolute Gasteiger partial charge is 0.493 e. The van der Waals surface area contributed by atoms with Crippen LogP contribution in [0.15, 0.2) is 36.4 Å². The fourth-order valence-corrected chi connectivity index (χ4v) is 3.88. The molecule has 0 heterocycles. The number of carboxylic acids is 1. The van der Waals surface area contributed by atoms with Gasteiger partial charge in [-0.05, 0) is 56.7 Å². The average molecular weight is 492 g/mol. The van der Waals surface area contributed by atoms with Crippen molar-refractivity contribution in [3.63, 3.8) is 0 Å². The molecule has 0 aliphatic heterocycles. The molecule has 34 heavy (non-hydrogen) atoms. The SMILES string of the molecule is COc1ccc(CC(=O)O)cc1Oc1ccc(NC(=O)C(C)(C)C)cc1CS(=O)(=O)C(C)(C)C. The van der Waals surface area contributed by atoms with Gasteiger partial charge in [-0.2, -0.15) is 0 Å². The van der Waals surface area contributed by atoms with Crippen LogP contribution in [-0.2, 0) is 31.6 Å². The summed E-state index contributed by atoms with van der Waals surface area (Å²) in [5.41, 5.74) is 0.664. The second-order valence-electron chi connectivity index (χ2n) is 10.1. The number of rotatable bonds is 8. The van der Waals surface area contributed by atoms with Crippen LogP contribution < -0.4 is 14.8 Å². The predicted molar refractivity (Wildman–Crippen MR) is 131 cm³/mol. The highest BCUT2D eigenvalue weighted by Crippen LogP contribution is 2.37. The van der Waals surface area contributed by atoms with Gasteiger partial charge in [-0.15, -0.1) is 0 Å². The second kappa shape index (κ2) is 10.0. The maximum absolute atomic E-state index is 13.0. The Morgan fingerprint density at radius 1 is 0.941 bits per heavy atom. The van der Waals surface area contributed by atoms with Gasteiger partial charge in [-0.25, -0.2) is 8.42 Å². The number of anilines is 1. The van der Waals surface area contributed by atoms with Crippen molar-refractivity contribution in [2.75, 3.05) is 12.4 Å². The van der Waals surface area contributed by atoms with Crippen LogP contribution in [0.5, 0.6) is 17.2 Å². The van der Waals surface area contributed by atoms with E-state index in [1.165, 1.54) is 7.11 Å². The summed E-state index contributed by atoms with van der Waals surface area (Å²) < 4.78 is 36.3. The van der Waals surface area contributed by atoms with Gasteiger partial charge in [0.25, 0.3) is 0 Å². The summed E-state index contributed by atoms with van der Waals surface area (Å²) >= 11 is 0. The predicted octanol–water partition coefficient (Wildman–Crippen LogP) is 4.81. The highest BCUT2D eigenvalue weighted by atomic mass is 32.2. The Bertz CT molecular complexity index is 1170. The number of carbonyl (C=O) groups is 2. The standard InChI is InChI=1S/C25H33NO7S/c1-24(2,3)23(29)26-18-9-11-19(17(14-18)15-34(30,31)25(4,5)6)33-21-12-16(13-22(27)28)8-10-20(21)32-7/h8-12,14H,13,15H2,1-7H3,(H,26,29)(H,27,28). The highest BCUT2D eigenvalue weighted by Gasteiger charge is 2.31. The second-order valence-corrected chi connectivity index (χ2v) is 12.8. The molecular formula is C25H33NO7S. The number of nitrogens with one attached hydrogen (secondary N) is 1. The summed E-state index contributed by atoms with van der Waals surface area (Å²) in [5, 5.41) is 11.9. The molecule has 0 saturated carbocycles. The maximum atomic E-state index is 13.0. The Balaban J connectivity index is 2.54. The van der Waals surface area contributed by atoms with E-state index >= 15 is 0 Å². The van der Waals surface area contributed by atoms with Crippen LogP contribution >= 0.6 is 0 Å². The number of hydrogen-bond acceptors (Lipinski definition) is 6. The number of benzene rings is 2. The number of ether oxygens (including phenoxy) is 2. The first-order valence-corrected chi connectivity index (χ1v) is 12.4. The number of aliphatic carboxylic acids is 1. The zero-order valence-electron chi connectivity index (χ0n) is 20.7. The van der Waals surface area contributed by atoms with E-state index in [1.54, 1.807) is 77.9 Å². The Hall–Kier alpha value is -3.07. The lowest BCUT2D eigenvalue weighted by molar-refractivity contribution is -0.136. The van der Waals surface area contributed by atoms with Gasteiger partial charge in [-0.3, -0.25) is 9.59 Å². The quantitative estimate of drug-likeness (QED) is 0.544. The van der Waals surface area contributed by atoms with Crippen LogP contribution in [0.25, 0.3) is 0 Å². The minimum Gasteiger partial charge on any atom is -0.493 e. The molecule has 0 radical (unpaired) electrons. The lowest BCUT2D eigenvalue weighted by Crippen LogP contribution is -2.29. The molecule has 2 rings (SSSR count). The van der Waals surface area contributed by atoms with Crippen molar-refractivity contribution in [2.24, 2.45) is 5.41 Å². The van der Waals surface area contributed by atoms with Gasteiger partial charge in [0.2, 0.25) is 5.91 Å². The molecule has 2 N–H and O–H groups in total. The Labute approximate surface area is 201 Å². The van der Waals surface area contributed by atoms with Crippen molar-refractivity contribution in [1.29, 1.82) is 0 Å². The van der Waals surface area contributed by atoms with Crippen LogP contribution in [0.2, 0.25) is 0 Å². The third kappa shape index (κ3) is 6.96. The van der Waals surface area contributed by atoms with E-state index < -0.39 is 26.0 Å². The van der Waals surface area contributed by atoms with E-state index in [0.717, 1.165) is 0 Å². The number of methoxy groups -OCH3 is 1.